The Bertz CT molecular complexity index is 1280. The summed E-state index contributed by atoms with van der Waals surface area (Å²) >= 11 is 8.67. The number of hydrogen-bond acceptors (Lipinski definition) is 6. The van der Waals surface area contributed by atoms with Crippen LogP contribution in [0.2, 0.25) is 0 Å². The molecule has 4 rings (SSSR count). The van der Waals surface area contributed by atoms with Crippen molar-refractivity contribution in [2.75, 3.05) is 12.4 Å². The molecule has 0 fully saturated rings. The predicted molar refractivity (Wildman–Crippen MR) is 126 cm³/mol. The third-order valence-electron chi connectivity index (χ3n) is 4.22. The number of nitrogens with zero attached hydrogens (tertiary/aromatic N) is 1. The van der Waals surface area contributed by atoms with Crippen molar-refractivity contribution >= 4 is 62.0 Å². The summed E-state index contributed by atoms with van der Waals surface area (Å²) in [6.45, 7) is 0. The molecule has 7 nitrogen and oxygen atoms in total. The third kappa shape index (κ3) is 5.01. The van der Waals surface area contributed by atoms with Gasteiger partial charge in [0.05, 0.1) is 17.8 Å². The van der Waals surface area contributed by atoms with Gasteiger partial charge in [-0.3, -0.25) is 10.1 Å². The number of amides is 1. The molecule has 0 atom stereocenters. The topological polar surface area (TPSA) is 89.5 Å². The predicted octanol–water partition coefficient (Wildman–Crippen LogP) is 5.39. The quantitative estimate of drug-likeness (QED) is 0.282. The molecule has 0 saturated heterocycles. The van der Waals surface area contributed by atoms with E-state index < -0.39 is 0 Å². The number of furan rings is 1. The Balaban J connectivity index is 1.45. The number of aromatic nitrogens is 1. The summed E-state index contributed by atoms with van der Waals surface area (Å²) in [5, 5.41) is 5.71. The molecule has 0 aliphatic heterocycles. The smallest absolute Gasteiger partial charge is 0.250 e. The maximum atomic E-state index is 12.0. The van der Waals surface area contributed by atoms with Gasteiger partial charge < -0.3 is 18.9 Å². The highest BCUT2D eigenvalue weighted by Crippen LogP contribution is 2.32. The highest BCUT2D eigenvalue weighted by Gasteiger charge is 2.12. The number of nitrogens with one attached hydrogen (secondary N) is 2. The molecule has 0 spiro atoms. The van der Waals surface area contributed by atoms with E-state index in [-0.39, 0.29) is 11.0 Å². The lowest BCUT2D eigenvalue weighted by Gasteiger charge is -2.07. The number of ether oxygens (including phenoxy) is 1. The van der Waals surface area contributed by atoms with Crippen LogP contribution in [0.3, 0.4) is 0 Å². The average Bonchev–Trinajstić information content (AvgIpc) is 3.41. The normalized spacial score (nSPS) is 11.0. The van der Waals surface area contributed by atoms with Gasteiger partial charge in [-0.25, -0.2) is 4.98 Å². The van der Waals surface area contributed by atoms with Crippen LogP contribution in [0.4, 0.5) is 5.69 Å². The zero-order chi connectivity index (χ0) is 21.8. The number of thiocarbonyl (C=S) groups is 1. The minimum absolute atomic E-state index is 0.163. The van der Waals surface area contributed by atoms with Gasteiger partial charge in [0.15, 0.2) is 10.7 Å². The molecule has 2 N–H and O–H groups in total. The van der Waals surface area contributed by atoms with Crippen LogP contribution in [-0.4, -0.2) is 23.1 Å². The SMILES string of the molecule is COc1ccc(-c2nc3cc(NC(=S)NC(=O)/C=C/c4ccco4)ccc3o2)cc1Br. The van der Waals surface area contributed by atoms with Gasteiger partial charge in [0.2, 0.25) is 11.8 Å². The molecule has 156 valence electrons. The second-order valence-electron chi connectivity index (χ2n) is 6.34. The molecule has 0 aliphatic rings. The van der Waals surface area contributed by atoms with E-state index in [9.17, 15) is 4.79 Å². The van der Waals surface area contributed by atoms with Crippen LogP contribution in [-0.2, 0) is 4.79 Å². The van der Waals surface area contributed by atoms with Gasteiger partial charge in [-0.1, -0.05) is 0 Å². The molecule has 0 aliphatic carbocycles. The molecule has 2 heterocycles. The number of oxazole rings is 1. The fraction of sp³-hybridized carbons (Fsp3) is 0.0455. The van der Waals surface area contributed by atoms with Crippen molar-refractivity contribution in [2.24, 2.45) is 0 Å². The van der Waals surface area contributed by atoms with Gasteiger partial charge in [-0.15, -0.1) is 0 Å². The minimum Gasteiger partial charge on any atom is -0.496 e. The summed E-state index contributed by atoms with van der Waals surface area (Å²) in [5.41, 5.74) is 2.76. The Hall–Kier alpha value is -3.43. The van der Waals surface area contributed by atoms with Crippen molar-refractivity contribution in [3.8, 4) is 17.2 Å². The van der Waals surface area contributed by atoms with Crippen LogP contribution in [0.25, 0.3) is 28.6 Å². The summed E-state index contributed by atoms with van der Waals surface area (Å²) in [6, 6.07) is 14.4. The van der Waals surface area contributed by atoms with Gasteiger partial charge in [-0.2, -0.15) is 0 Å². The lowest BCUT2D eigenvalue weighted by Crippen LogP contribution is -2.32. The Kier molecular flexibility index (Phi) is 6.15. The molecule has 2 aromatic heterocycles. The van der Waals surface area contributed by atoms with Gasteiger partial charge in [0, 0.05) is 17.3 Å². The molecule has 9 heteroatoms. The van der Waals surface area contributed by atoms with E-state index in [0.717, 1.165) is 15.8 Å². The monoisotopic (exact) mass is 497 g/mol. The van der Waals surface area contributed by atoms with E-state index in [1.165, 1.54) is 12.3 Å². The lowest BCUT2D eigenvalue weighted by atomic mass is 10.2. The van der Waals surface area contributed by atoms with E-state index in [0.29, 0.717) is 28.4 Å². The number of anilines is 1. The van der Waals surface area contributed by atoms with Gasteiger partial charge in [0.25, 0.3) is 0 Å². The van der Waals surface area contributed by atoms with Gasteiger partial charge in [-0.05, 0) is 82.8 Å². The molecule has 4 aromatic rings. The van der Waals surface area contributed by atoms with Crippen molar-refractivity contribution in [1.29, 1.82) is 0 Å². The lowest BCUT2D eigenvalue weighted by molar-refractivity contribution is -0.115. The maximum absolute atomic E-state index is 12.0. The average molecular weight is 498 g/mol. The number of carbonyl (C=O) groups excluding carboxylic acids is 1. The second-order valence-corrected chi connectivity index (χ2v) is 7.61. The van der Waals surface area contributed by atoms with Crippen LogP contribution in [0.1, 0.15) is 5.76 Å². The molecule has 31 heavy (non-hydrogen) atoms. The molecular weight excluding hydrogens is 482 g/mol. The summed E-state index contributed by atoms with van der Waals surface area (Å²) in [6.07, 6.45) is 4.42. The van der Waals surface area contributed by atoms with Gasteiger partial charge >= 0.3 is 0 Å². The highest BCUT2D eigenvalue weighted by atomic mass is 79.9. The number of benzene rings is 2. The van der Waals surface area contributed by atoms with E-state index >= 15 is 0 Å². The van der Waals surface area contributed by atoms with Crippen molar-refractivity contribution in [1.82, 2.24) is 10.3 Å². The minimum atomic E-state index is -0.371. The standard InChI is InChI=1S/C22H16BrN3O4S/c1-28-18-7-4-13(11-16(18)23)21-25-17-12-14(5-8-19(17)30-21)24-22(31)26-20(27)9-6-15-3-2-10-29-15/h2-12H,1H3,(H2,24,26,27,31)/b9-6+. The van der Waals surface area contributed by atoms with Crippen LogP contribution in [0.15, 0.2) is 74.2 Å². The first-order chi connectivity index (χ1) is 15.0. The Labute approximate surface area is 191 Å². The van der Waals surface area contributed by atoms with Crippen molar-refractivity contribution in [2.45, 2.75) is 0 Å². The largest absolute Gasteiger partial charge is 0.496 e. The van der Waals surface area contributed by atoms with Crippen molar-refractivity contribution in [3.63, 3.8) is 0 Å². The van der Waals surface area contributed by atoms with E-state index in [1.807, 2.05) is 18.2 Å². The first-order valence-electron chi connectivity index (χ1n) is 9.10. The number of hydrogen-bond donors (Lipinski definition) is 2. The number of carbonyl (C=O) groups is 1. The maximum Gasteiger partial charge on any atom is 0.250 e. The number of fused-ring (bicyclic) bond motifs is 1. The Morgan fingerprint density at radius 3 is 2.84 bits per heavy atom. The summed E-state index contributed by atoms with van der Waals surface area (Å²) < 4.78 is 17.0. The van der Waals surface area contributed by atoms with Crippen LogP contribution in [0.5, 0.6) is 5.75 Å². The second kappa shape index (κ2) is 9.15. The summed E-state index contributed by atoms with van der Waals surface area (Å²) in [7, 11) is 1.61. The molecule has 2 aromatic carbocycles. The molecule has 1 amide bonds. The molecule has 0 unspecified atom stereocenters. The number of methoxy groups -OCH3 is 1. The zero-order valence-corrected chi connectivity index (χ0v) is 18.6. The first kappa shape index (κ1) is 20.8. The molecule has 0 bridgehead atoms. The fourth-order valence-corrected chi connectivity index (χ4v) is 3.55. The number of rotatable bonds is 5. The third-order valence-corrected chi connectivity index (χ3v) is 5.05. The van der Waals surface area contributed by atoms with Crippen molar-refractivity contribution in [3.05, 3.63) is 71.1 Å². The van der Waals surface area contributed by atoms with Crippen LogP contribution in [0, 0.1) is 0 Å². The van der Waals surface area contributed by atoms with Gasteiger partial charge in [0.1, 0.15) is 17.0 Å². The Morgan fingerprint density at radius 2 is 2.10 bits per heavy atom. The zero-order valence-electron chi connectivity index (χ0n) is 16.2. The fourth-order valence-electron chi connectivity index (χ4n) is 2.79. The number of halogens is 1. The van der Waals surface area contributed by atoms with E-state index in [2.05, 4.69) is 31.5 Å². The summed E-state index contributed by atoms with van der Waals surface area (Å²) in [5.74, 6) is 1.41. The highest BCUT2D eigenvalue weighted by molar-refractivity contribution is 9.10. The Morgan fingerprint density at radius 1 is 1.23 bits per heavy atom. The van der Waals surface area contributed by atoms with Crippen LogP contribution < -0.4 is 15.4 Å². The van der Waals surface area contributed by atoms with Crippen molar-refractivity contribution < 1.29 is 18.4 Å². The van der Waals surface area contributed by atoms with E-state index in [4.69, 9.17) is 25.8 Å². The molecular formula is C22H16BrN3O4S. The molecule has 0 saturated carbocycles. The molecule has 0 radical (unpaired) electrons. The summed E-state index contributed by atoms with van der Waals surface area (Å²) in [4.78, 5) is 16.5. The van der Waals surface area contributed by atoms with E-state index in [1.54, 1.807) is 43.5 Å². The first-order valence-corrected chi connectivity index (χ1v) is 10.3. The van der Waals surface area contributed by atoms with Crippen LogP contribution >= 0.6 is 28.1 Å².